The van der Waals surface area contributed by atoms with E-state index >= 15 is 0 Å². The zero-order chi connectivity index (χ0) is 18.4. The van der Waals surface area contributed by atoms with Gasteiger partial charge < -0.3 is 14.8 Å². The fourth-order valence-corrected chi connectivity index (χ4v) is 2.83. The molecule has 0 unspecified atom stereocenters. The summed E-state index contributed by atoms with van der Waals surface area (Å²) in [6.45, 7) is 5.03. The first kappa shape index (κ1) is 18.5. The molecule has 2 rings (SSSR count). The second-order valence-corrected chi connectivity index (χ2v) is 6.37. The van der Waals surface area contributed by atoms with E-state index in [1.54, 1.807) is 17.5 Å². The minimum Gasteiger partial charge on any atom is -0.482 e. The van der Waals surface area contributed by atoms with E-state index in [0.29, 0.717) is 16.3 Å². The van der Waals surface area contributed by atoms with Crippen molar-refractivity contribution < 1.29 is 19.1 Å². The third-order valence-corrected chi connectivity index (χ3v) is 4.21. The summed E-state index contributed by atoms with van der Waals surface area (Å²) in [6.07, 6.45) is -0.996. The number of carbonyl (C=O) groups excluding carboxylic acids is 2. The van der Waals surface area contributed by atoms with Gasteiger partial charge in [0.15, 0.2) is 12.7 Å². The van der Waals surface area contributed by atoms with Crippen molar-refractivity contribution >= 4 is 28.2 Å². The van der Waals surface area contributed by atoms with Gasteiger partial charge in [0.25, 0.3) is 5.91 Å². The number of nitrogens with one attached hydrogen (secondary N) is 1. The fraction of sp³-hybridized carbons (Fsp3) is 0.278. The van der Waals surface area contributed by atoms with Crippen LogP contribution in [-0.4, -0.2) is 24.6 Å². The molecule has 6 nitrogen and oxygen atoms in total. The zero-order valence-corrected chi connectivity index (χ0v) is 15.0. The Morgan fingerprint density at radius 2 is 2.08 bits per heavy atom. The first-order chi connectivity index (χ1) is 11.9. The molecule has 1 amide bonds. The molecule has 1 N–H and O–H groups in total. The zero-order valence-electron chi connectivity index (χ0n) is 14.2. The SMILES string of the molecule is Cc1ccc(OCC(=O)O[C@@H](C)C(=O)Nc2sccc2C#N)c(C)c1. The smallest absolute Gasteiger partial charge is 0.344 e. The average Bonchev–Trinajstić information content (AvgIpc) is 3.01. The number of hydrogen-bond donors (Lipinski definition) is 1. The highest BCUT2D eigenvalue weighted by Gasteiger charge is 2.20. The number of amides is 1. The number of hydrogen-bond acceptors (Lipinski definition) is 6. The van der Waals surface area contributed by atoms with Gasteiger partial charge >= 0.3 is 5.97 Å². The van der Waals surface area contributed by atoms with Crippen LogP contribution in [0.15, 0.2) is 29.6 Å². The number of benzene rings is 1. The third-order valence-electron chi connectivity index (χ3n) is 3.38. The maximum Gasteiger partial charge on any atom is 0.344 e. The Morgan fingerprint density at radius 1 is 1.32 bits per heavy atom. The molecule has 2 aromatic rings. The van der Waals surface area contributed by atoms with E-state index in [4.69, 9.17) is 14.7 Å². The van der Waals surface area contributed by atoms with Crippen LogP contribution in [0.3, 0.4) is 0 Å². The van der Waals surface area contributed by atoms with E-state index in [2.05, 4.69) is 5.32 Å². The Hall–Kier alpha value is -2.85. The van der Waals surface area contributed by atoms with Crippen molar-refractivity contribution in [2.45, 2.75) is 26.9 Å². The Labute approximate surface area is 150 Å². The van der Waals surface area contributed by atoms with Gasteiger partial charge in [-0.15, -0.1) is 11.3 Å². The maximum atomic E-state index is 12.0. The van der Waals surface area contributed by atoms with Crippen LogP contribution in [0.1, 0.15) is 23.6 Å². The lowest BCUT2D eigenvalue weighted by molar-refractivity contribution is -0.155. The van der Waals surface area contributed by atoms with Crippen molar-refractivity contribution in [1.82, 2.24) is 0 Å². The molecule has 130 valence electrons. The van der Waals surface area contributed by atoms with Crippen molar-refractivity contribution in [3.8, 4) is 11.8 Å². The molecule has 0 aliphatic rings. The summed E-state index contributed by atoms with van der Waals surface area (Å²) in [7, 11) is 0. The minimum absolute atomic E-state index is 0.288. The molecule has 1 atom stereocenters. The molecule has 0 saturated carbocycles. The minimum atomic E-state index is -0.996. The molecule has 0 aliphatic carbocycles. The van der Waals surface area contributed by atoms with Crippen molar-refractivity contribution in [2.24, 2.45) is 0 Å². The number of rotatable bonds is 6. The topological polar surface area (TPSA) is 88.4 Å². The van der Waals surface area contributed by atoms with Gasteiger partial charge in [-0.3, -0.25) is 4.79 Å². The van der Waals surface area contributed by atoms with Crippen LogP contribution >= 0.6 is 11.3 Å². The highest BCUT2D eigenvalue weighted by molar-refractivity contribution is 7.14. The van der Waals surface area contributed by atoms with Crippen LogP contribution in [0.4, 0.5) is 5.00 Å². The van der Waals surface area contributed by atoms with E-state index in [9.17, 15) is 9.59 Å². The Kier molecular flexibility index (Phi) is 6.14. The number of anilines is 1. The van der Waals surface area contributed by atoms with Crippen LogP contribution in [0.2, 0.25) is 0 Å². The van der Waals surface area contributed by atoms with E-state index in [0.717, 1.165) is 11.1 Å². The molecule has 25 heavy (non-hydrogen) atoms. The molecular formula is C18H18N2O4S. The van der Waals surface area contributed by atoms with Crippen molar-refractivity contribution in [3.05, 3.63) is 46.3 Å². The molecule has 0 fully saturated rings. The molecule has 0 radical (unpaired) electrons. The third kappa shape index (κ3) is 5.06. The van der Waals surface area contributed by atoms with E-state index in [1.807, 2.05) is 32.0 Å². The summed E-state index contributed by atoms with van der Waals surface area (Å²) in [6, 6.07) is 9.20. The van der Waals surface area contributed by atoms with Gasteiger partial charge in [0.05, 0.1) is 5.56 Å². The van der Waals surface area contributed by atoms with Crippen LogP contribution in [0.5, 0.6) is 5.75 Å². The summed E-state index contributed by atoms with van der Waals surface area (Å²) in [5, 5.41) is 13.6. The lowest BCUT2D eigenvalue weighted by atomic mass is 10.1. The monoisotopic (exact) mass is 358 g/mol. The predicted octanol–water partition coefficient (Wildman–Crippen LogP) is 3.19. The van der Waals surface area contributed by atoms with E-state index < -0.39 is 18.0 Å². The van der Waals surface area contributed by atoms with E-state index in [-0.39, 0.29) is 6.61 Å². The van der Waals surface area contributed by atoms with Gasteiger partial charge in [-0.25, -0.2) is 4.79 Å². The predicted molar refractivity (Wildman–Crippen MR) is 94.6 cm³/mol. The molecule has 7 heteroatoms. The highest BCUT2D eigenvalue weighted by atomic mass is 32.1. The molecular weight excluding hydrogens is 340 g/mol. The van der Waals surface area contributed by atoms with Gasteiger partial charge in [-0.05, 0) is 43.8 Å². The molecule has 0 spiro atoms. The number of nitrogens with zero attached hydrogens (tertiary/aromatic N) is 1. The summed E-state index contributed by atoms with van der Waals surface area (Å²) in [4.78, 5) is 23.9. The van der Waals surface area contributed by atoms with Gasteiger partial charge in [-0.2, -0.15) is 5.26 Å². The number of aryl methyl sites for hydroxylation is 2. The molecule has 0 saturated heterocycles. The Bertz CT molecular complexity index is 823. The second kappa shape index (κ2) is 8.31. The Balaban J connectivity index is 1.85. The first-order valence-corrected chi connectivity index (χ1v) is 8.46. The number of thiophene rings is 1. The summed E-state index contributed by atoms with van der Waals surface area (Å²) in [5.74, 6) is -0.551. The van der Waals surface area contributed by atoms with Gasteiger partial charge in [0, 0.05) is 0 Å². The quantitative estimate of drug-likeness (QED) is 0.801. The van der Waals surface area contributed by atoms with Crippen molar-refractivity contribution in [3.63, 3.8) is 0 Å². The second-order valence-electron chi connectivity index (χ2n) is 5.45. The normalized spacial score (nSPS) is 11.3. The lowest BCUT2D eigenvalue weighted by Gasteiger charge is -2.14. The standard InChI is InChI=1S/C18H18N2O4S/c1-11-4-5-15(12(2)8-11)23-10-16(21)24-13(3)17(22)20-18-14(9-19)6-7-25-18/h4-8,13H,10H2,1-3H3,(H,20,22)/t13-/m0/s1. The number of nitriles is 1. The first-order valence-electron chi connectivity index (χ1n) is 7.58. The van der Waals surface area contributed by atoms with Gasteiger partial charge in [0.2, 0.25) is 0 Å². The summed E-state index contributed by atoms with van der Waals surface area (Å²) < 4.78 is 10.5. The average molecular weight is 358 g/mol. The van der Waals surface area contributed by atoms with Crippen molar-refractivity contribution in [2.75, 3.05) is 11.9 Å². The van der Waals surface area contributed by atoms with Crippen LogP contribution in [-0.2, 0) is 14.3 Å². The van der Waals surface area contributed by atoms with Gasteiger partial charge in [0.1, 0.15) is 16.8 Å². The molecule has 0 aliphatic heterocycles. The fourth-order valence-electron chi connectivity index (χ4n) is 2.09. The van der Waals surface area contributed by atoms with Gasteiger partial charge in [-0.1, -0.05) is 17.7 Å². The van der Waals surface area contributed by atoms with Crippen molar-refractivity contribution in [1.29, 1.82) is 5.26 Å². The molecule has 1 aromatic carbocycles. The van der Waals surface area contributed by atoms with Crippen LogP contribution < -0.4 is 10.1 Å². The molecule has 1 heterocycles. The molecule has 0 bridgehead atoms. The summed E-state index contributed by atoms with van der Waals surface area (Å²) >= 11 is 1.23. The Morgan fingerprint density at radius 3 is 2.76 bits per heavy atom. The summed E-state index contributed by atoms with van der Waals surface area (Å²) in [5.41, 5.74) is 2.39. The number of esters is 1. The number of ether oxygens (including phenoxy) is 2. The van der Waals surface area contributed by atoms with Crippen LogP contribution in [0.25, 0.3) is 0 Å². The van der Waals surface area contributed by atoms with Crippen LogP contribution in [0, 0.1) is 25.2 Å². The maximum absolute atomic E-state index is 12.0. The molecule has 1 aromatic heterocycles. The number of carbonyl (C=O) groups is 2. The lowest BCUT2D eigenvalue weighted by Crippen LogP contribution is -2.31. The highest BCUT2D eigenvalue weighted by Crippen LogP contribution is 2.22. The largest absolute Gasteiger partial charge is 0.482 e. The van der Waals surface area contributed by atoms with E-state index in [1.165, 1.54) is 18.3 Å².